The topological polar surface area (TPSA) is 54.5 Å². The van der Waals surface area contributed by atoms with Crippen molar-refractivity contribution < 1.29 is 9.53 Å². The molecule has 0 atom stereocenters. The second-order valence-electron chi connectivity index (χ2n) is 6.41. The molecule has 0 radical (unpaired) electrons. The van der Waals surface area contributed by atoms with Gasteiger partial charge in [-0.1, -0.05) is 30.3 Å². The standard InChI is InChI=1S/C22H23N3O2/c1-16(2)27-21-12-8-7-11-19(21)24-22(26)20-15-18(13-14-23-20)25(3)17-9-5-4-6-10-17/h4-16H,1-3H3,(H,24,26). The van der Waals surface area contributed by atoms with E-state index in [0.29, 0.717) is 17.1 Å². The summed E-state index contributed by atoms with van der Waals surface area (Å²) in [7, 11) is 1.96. The second kappa shape index (κ2) is 8.36. The summed E-state index contributed by atoms with van der Waals surface area (Å²) < 4.78 is 5.76. The Kier molecular flexibility index (Phi) is 5.71. The Morgan fingerprint density at radius 2 is 1.70 bits per heavy atom. The normalized spacial score (nSPS) is 10.5. The van der Waals surface area contributed by atoms with Gasteiger partial charge in [-0.25, -0.2) is 0 Å². The molecule has 0 fully saturated rings. The molecular formula is C22H23N3O2. The second-order valence-corrected chi connectivity index (χ2v) is 6.41. The number of pyridine rings is 1. The molecule has 5 heteroatoms. The van der Waals surface area contributed by atoms with E-state index < -0.39 is 0 Å². The monoisotopic (exact) mass is 361 g/mol. The number of ether oxygens (including phenoxy) is 1. The predicted octanol–water partition coefficient (Wildman–Crippen LogP) is 4.89. The van der Waals surface area contributed by atoms with Crippen molar-refractivity contribution in [2.75, 3.05) is 17.3 Å². The van der Waals surface area contributed by atoms with E-state index in [1.54, 1.807) is 12.3 Å². The molecule has 0 aliphatic rings. The highest BCUT2D eigenvalue weighted by Gasteiger charge is 2.13. The van der Waals surface area contributed by atoms with Gasteiger partial charge >= 0.3 is 0 Å². The van der Waals surface area contributed by atoms with Crippen molar-refractivity contribution in [2.45, 2.75) is 20.0 Å². The largest absolute Gasteiger partial charge is 0.489 e. The predicted molar refractivity (Wildman–Crippen MR) is 109 cm³/mol. The van der Waals surface area contributed by atoms with E-state index in [-0.39, 0.29) is 12.0 Å². The number of benzene rings is 2. The highest BCUT2D eigenvalue weighted by molar-refractivity contribution is 6.04. The van der Waals surface area contributed by atoms with Crippen molar-refractivity contribution >= 4 is 23.0 Å². The van der Waals surface area contributed by atoms with Crippen LogP contribution in [0.3, 0.4) is 0 Å². The van der Waals surface area contributed by atoms with Crippen molar-refractivity contribution in [1.29, 1.82) is 0 Å². The van der Waals surface area contributed by atoms with E-state index in [2.05, 4.69) is 10.3 Å². The molecule has 1 aromatic heterocycles. The van der Waals surface area contributed by atoms with Crippen LogP contribution in [0.25, 0.3) is 0 Å². The van der Waals surface area contributed by atoms with Crippen LogP contribution < -0.4 is 15.0 Å². The van der Waals surface area contributed by atoms with E-state index in [1.165, 1.54) is 0 Å². The number of hydrogen-bond acceptors (Lipinski definition) is 4. The van der Waals surface area contributed by atoms with Crippen LogP contribution in [0.4, 0.5) is 17.1 Å². The number of hydrogen-bond donors (Lipinski definition) is 1. The van der Waals surface area contributed by atoms with E-state index in [4.69, 9.17) is 4.74 Å². The zero-order valence-corrected chi connectivity index (χ0v) is 15.7. The van der Waals surface area contributed by atoms with Gasteiger partial charge in [0, 0.05) is 24.6 Å². The van der Waals surface area contributed by atoms with Crippen molar-refractivity contribution in [3.8, 4) is 5.75 Å². The van der Waals surface area contributed by atoms with Gasteiger partial charge in [-0.05, 0) is 50.2 Å². The Morgan fingerprint density at radius 3 is 2.44 bits per heavy atom. The summed E-state index contributed by atoms with van der Waals surface area (Å²) in [5.41, 5.74) is 2.88. The number of aromatic nitrogens is 1. The molecule has 5 nitrogen and oxygen atoms in total. The molecule has 1 N–H and O–H groups in total. The smallest absolute Gasteiger partial charge is 0.274 e. The van der Waals surface area contributed by atoms with Crippen LogP contribution >= 0.6 is 0 Å². The van der Waals surface area contributed by atoms with Gasteiger partial charge in [-0.3, -0.25) is 9.78 Å². The minimum atomic E-state index is -0.280. The summed E-state index contributed by atoms with van der Waals surface area (Å²) in [5.74, 6) is 0.358. The first-order valence-corrected chi connectivity index (χ1v) is 8.86. The quantitative estimate of drug-likeness (QED) is 0.679. The summed E-state index contributed by atoms with van der Waals surface area (Å²) in [4.78, 5) is 18.9. The summed E-state index contributed by atoms with van der Waals surface area (Å²) >= 11 is 0. The van der Waals surface area contributed by atoms with Gasteiger partial charge in [0.25, 0.3) is 5.91 Å². The first-order chi connectivity index (χ1) is 13.0. The highest BCUT2D eigenvalue weighted by atomic mass is 16.5. The molecule has 2 aromatic carbocycles. The van der Waals surface area contributed by atoms with Gasteiger partial charge in [-0.15, -0.1) is 0 Å². The Bertz CT molecular complexity index is 910. The SMILES string of the molecule is CC(C)Oc1ccccc1NC(=O)c1cc(N(C)c2ccccc2)ccn1. The molecule has 1 amide bonds. The van der Waals surface area contributed by atoms with Crippen LogP contribution in [-0.4, -0.2) is 24.0 Å². The fraction of sp³-hybridized carbons (Fsp3) is 0.182. The number of anilines is 3. The summed E-state index contributed by atoms with van der Waals surface area (Å²) in [6, 6.07) is 21.0. The fourth-order valence-electron chi connectivity index (χ4n) is 2.67. The third kappa shape index (κ3) is 4.64. The zero-order valence-electron chi connectivity index (χ0n) is 15.7. The Morgan fingerprint density at radius 1 is 1.00 bits per heavy atom. The van der Waals surface area contributed by atoms with Gasteiger partial charge in [0.05, 0.1) is 11.8 Å². The number of amides is 1. The number of nitrogens with zero attached hydrogens (tertiary/aromatic N) is 2. The number of carbonyl (C=O) groups is 1. The lowest BCUT2D eigenvalue weighted by Gasteiger charge is -2.20. The van der Waals surface area contributed by atoms with E-state index in [0.717, 1.165) is 11.4 Å². The molecule has 138 valence electrons. The van der Waals surface area contributed by atoms with Gasteiger partial charge in [0.2, 0.25) is 0 Å². The van der Waals surface area contributed by atoms with E-state index >= 15 is 0 Å². The number of carbonyl (C=O) groups excluding carboxylic acids is 1. The number of nitrogens with one attached hydrogen (secondary N) is 1. The van der Waals surface area contributed by atoms with Crippen LogP contribution in [0.1, 0.15) is 24.3 Å². The molecule has 0 spiro atoms. The first-order valence-electron chi connectivity index (χ1n) is 8.86. The van der Waals surface area contributed by atoms with Crippen LogP contribution in [-0.2, 0) is 0 Å². The fourth-order valence-corrected chi connectivity index (χ4v) is 2.67. The molecule has 0 aliphatic carbocycles. The van der Waals surface area contributed by atoms with Crippen molar-refractivity contribution in [2.24, 2.45) is 0 Å². The molecule has 1 heterocycles. The average molecular weight is 361 g/mol. The average Bonchev–Trinajstić information content (AvgIpc) is 2.69. The molecular weight excluding hydrogens is 338 g/mol. The highest BCUT2D eigenvalue weighted by Crippen LogP contribution is 2.26. The summed E-state index contributed by atoms with van der Waals surface area (Å²) in [5, 5.41) is 2.89. The van der Waals surface area contributed by atoms with Crippen molar-refractivity contribution in [1.82, 2.24) is 4.98 Å². The maximum Gasteiger partial charge on any atom is 0.274 e. The van der Waals surface area contributed by atoms with Gasteiger partial charge in [-0.2, -0.15) is 0 Å². The van der Waals surface area contributed by atoms with Crippen LogP contribution in [0, 0.1) is 0 Å². The molecule has 3 rings (SSSR count). The van der Waals surface area contributed by atoms with Gasteiger partial charge in [0.1, 0.15) is 11.4 Å². The Balaban J connectivity index is 1.81. The molecule has 0 bridgehead atoms. The maximum atomic E-state index is 12.7. The zero-order chi connectivity index (χ0) is 19.2. The molecule has 0 unspecified atom stereocenters. The van der Waals surface area contributed by atoms with E-state index in [9.17, 15) is 4.79 Å². The Hall–Kier alpha value is -3.34. The molecule has 0 saturated carbocycles. The molecule has 3 aromatic rings. The van der Waals surface area contributed by atoms with E-state index in [1.807, 2.05) is 86.5 Å². The molecule has 27 heavy (non-hydrogen) atoms. The summed E-state index contributed by atoms with van der Waals surface area (Å²) in [6.07, 6.45) is 1.66. The van der Waals surface area contributed by atoms with Crippen LogP contribution in [0.2, 0.25) is 0 Å². The minimum Gasteiger partial charge on any atom is -0.489 e. The third-order valence-electron chi connectivity index (χ3n) is 4.00. The minimum absolute atomic E-state index is 0.0176. The van der Waals surface area contributed by atoms with Crippen LogP contribution in [0.5, 0.6) is 5.75 Å². The van der Waals surface area contributed by atoms with Crippen LogP contribution in [0.15, 0.2) is 72.9 Å². The lowest BCUT2D eigenvalue weighted by atomic mass is 10.2. The molecule has 0 aliphatic heterocycles. The lowest BCUT2D eigenvalue weighted by molar-refractivity contribution is 0.102. The number of rotatable bonds is 6. The summed E-state index contributed by atoms with van der Waals surface area (Å²) in [6.45, 7) is 3.89. The van der Waals surface area contributed by atoms with Crippen molar-refractivity contribution in [3.63, 3.8) is 0 Å². The third-order valence-corrected chi connectivity index (χ3v) is 4.00. The Labute approximate surface area is 159 Å². The first kappa shape index (κ1) is 18.5. The van der Waals surface area contributed by atoms with Crippen molar-refractivity contribution in [3.05, 3.63) is 78.6 Å². The lowest BCUT2D eigenvalue weighted by Crippen LogP contribution is -2.17. The number of para-hydroxylation sites is 3. The molecule has 0 saturated heterocycles. The van der Waals surface area contributed by atoms with Gasteiger partial charge < -0.3 is 15.0 Å². The van der Waals surface area contributed by atoms with Gasteiger partial charge in [0.15, 0.2) is 0 Å². The maximum absolute atomic E-state index is 12.7.